The molecule has 5 amide bonds. The maximum absolute atomic E-state index is 11.9. The van der Waals surface area contributed by atoms with Crippen molar-refractivity contribution in [2.75, 3.05) is 49.7 Å². The second-order valence-electron chi connectivity index (χ2n) is 22.0. The van der Waals surface area contributed by atoms with E-state index in [1.54, 1.807) is 40.9 Å². The zero-order valence-corrected chi connectivity index (χ0v) is 50.9. The normalized spacial score (nSPS) is 13.1. The SMILES string of the molecule is CC(=O)N1CCc2c(c(Nc3ccc(-c4cccc(CO)c4)cc3)nn2C)C1.CNC(=O)c1ccc(-c2ccc(Nc3nn(C)c4c3CN(C(C)=O)CC4)cc2)cc1.CNC(=O)c1cccc(-c2ccc(Nc3nn(C)c4c3CN(C(C)=O)CC4)cc2)c1. The Morgan fingerprint density at radius 2 is 0.750 bits per heavy atom. The number of aryl methyl sites for hydroxylation is 3. The van der Waals surface area contributed by atoms with E-state index < -0.39 is 0 Å². The average Bonchev–Trinajstić information content (AvgIpc) is 2.25. The Balaban J connectivity index is 0.000000146. The molecule has 452 valence electrons. The molecule has 0 unspecified atom stereocenters. The molecular formula is C68H74N14O6. The molecule has 9 aromatic rings. The van der Waals surface area contributed by atoms with Crippen LogP contribution >= 0.6 is 0 Å². The molecule has 20 heteroatoms. The minimum absolute atomic E-state index is 0.0372. The lowest BCUT2D eigenvalue weighted by Crippen LogP contribution is -2.34. The van der Waals surface area contributed by atoms with Crippen molar-refractivity contribution in [3.8, 4) is 33.4 Å². The van der Waals surface area contributed by atoms with Crippen LogP contribution in [0.4, 0.5) is 34.5 Å². The summed E-state index contributed by atoms with van der Waals surface area (Å²) in [6.45, 7) is 8.80. The molecule has 0 fully saturated rings. The summed E-state index contributed by atoms with van der Waals surface area (Å²) in [5, 5.41) is 38.7. The predicted octanol–water partition coefficient (Wildman–Crippen LogP) is 9.42. The van der Waals surface area contributed by atoms with Crippen molar-refractivity contribution in [2.24, 2.45) is 21.1 Å². The van der Waals surface area contributed by atoms with Crippen LogP contribution in [0.15, 0.2) is 146 Å². The number of benzene rings is 6. The molecule has 3 aliphatic heterocycles. The van der Waals surface area contributed by atoms with E-state index >= 15 is 0 Å². The summed E-state index contributed by atoms with van der Waals surface area (Å²) in [6, 6.07) is 47.2. The zero-order chi connectivity index (χ0) is 62.2. The number of aromatic nitrogens is 6. The first kappa shape index (κ1) is 60.8. The van der Waals surface area contributed by atoms with Crippen LogP contribution in [0.5, 0.6) is 0 Å². The van der Waals surface area contributed by atoms with Gasteiger partial charge in [-0.1, -0.05) is 78.9 Å². The van der Waals surface area contributed by atoms with Crippen LogP contribution in [0.1, 0.15) is 80.8 Å². The first-order valence-electron chi connectivity index (χ1n) is 29.3. The lowest BCUT2D eigenvalue weighted by atomic mass is 10.0. The minimum atomic E-state index is -0.102. The molecule has 12 rings (SSSR count). The highest BCUT2D eigenvalue weighted by molar-refractivity contribution is 5.95. The fraction of sp³-hybridized carbons (Fsp3) is 0.265. The molecule has 0 bridgehead atoms. The number of aliphatic hydroxyl groups excluding tert-OH is 1. The summed E-state index contributed by atoms with van der Waals surface area (Å²) >= 11 is 0. The van der Waals surface area contributed by atoms with Gasteiger partial charge in [0.15, 0.2) is 17.5 Å². The summed E-state index contributed by atoms with van der Waals surface area (Å²) < 4.78 is 5.70. The number of hydrogen-bond donors (Lipinski definition) is 6. The Hall–Kier alpha value is -10.3. The summed E-state index contributed by atoms with van der Waals surface area (Å²) in [6.07, 6.45) is 2.44. The van der Waals surface area contributed by atoms with Gasteiger partial charge in [0.1, 0.15) is 0 Å². The van der Waals surface area contributed by atoms with Gasteiger partial charge in [-0.15, -0.1) is 0 Å². The number of anilines is 6. The molecule has 3 aliphatic rings. The molecule has 0 spiro atoms. The van der Waals surface area contributed by atoms with Gasteiger partial charge in [-0.3, -0.25) is 38.0 Å². The second kappa shape index (κ2) is 26.9. The van der Waals surface area contributed by atoms with Gasteiger partial charge in [0.05, 0.1) is 26.2 Å². The van der Waals surface area contributed by atoms with Gasteiger partial charge in [-0.05, 0) is 106 Å². The van der Waals surface area contributed by atoms with Crippen molar-refractivity contribution in [1.82, 2.24) is 54.7 Å². The summed E-state index contributed by atoms with van der Waals surface area (Å²) in [5.74, 6) is 2.45. The zero-order valence-electron chi connectivity index (χ0n) is 50.9. The van der Waals surface area contributed by atoms with E-state index in [4.69, 9.17) is 0 Å². The first-order chi connectivity index (χ1) is 42.5. The molecule has 88 heavy (non-hydrogen) atoms. The number of carbonyl (C=O) groups is 5. The molecule has 3 aromatic heterocycles. The van der Waals surface area contributed by atoms with Gasteiger partial charge in [-0.2, -0.15) is 15.3 Å². The number of nitrogens with zero attached hydrogens (tertiary/aromatic N) is 9. The topological polar surface area (TPSA) is 229 Å². The van der Waals surface area contributed by atoms with Gasteiger partial charge in [0, 0.05) is 157 Å². The molecular weight excluding hydrogens is 1110 g/mol. The first-order valence-corrected chi connectivity index (χ1v) is 29.3. The fourth-order valence-corrected chi connectivity index (χ4v) is 11.3. The molecule has 0 saturated carbocycles. The third-order valence-electron chi connectivity index (χ3n) is 16.3. The quantitative estimate of drug-likeness (QED) is 0.0672. The Labute approximate surface area is 512 Å². The molecule has 20 nitrogen and oxygen atoms in total. The van der Waals surface area contributed by atoms with Crippen LogP contribution in [0.3, 0.4) is 0 Å². The summed E-state index contributed by atoms with van der Waals surface area (Å²) in [5.41, 5.74) is 18.0. The van der Waals surface area contributed by atoms with Crippen LogP contribution in [0.25, 0.3) is 33.4 Å². The lowest BCUT2D eigenvalue weighted by Gasteiger charge is -2.26. The minimum Gasteiger partial charge on any atom is -0.392 e. The fourth-order valence-electron chi connectivity index (χ4n) is 11.3. The Morgan fingerprint density at radius 1 is 0.420 bits per heavy atom. The third-order valence-corrected chi connectivity index (χ3v) is 16.3. The van der Waals surface area contributed by atoms with Crippen molar-refractivity contribution < 1.29 is 29.1 Å². The lowest BCUT2D eigenvalue weighted by molar-refractivity contribution is -0.130. The van der Waals surface area contributed by atoms with Crippen LogP contribution in [-0.2, 0) is 81.0 Å². The van der Waals surface area contributed by atoms with Crippen LogP contribution < -0.4 is 26.6 Å². The number of fused-ring (bicyclic) bond motifs is 3. The highest BCUT2D eigenvalue weighted by Crippen LogP contribution is 2.33. The van der Waals surface area contributed by atoms with Crippen molar-refractivity contribution in [2.45, 2.75) is 66.3 Å². The number of nitrogens with one attached hydrogen (secondary N) is 5. The highest BCUT2D eigenvalue weighted by atomic mass is 16.3. The van der Waals surface area contributed by atoms with Gasteiger partial charge < -0.3 is 46.4 Å². The van der Waals surface area contributed by atoms with Crippen molar-refractivity contribution >= 4 is 64.1 Å². The number of aliphatic hydroxyl groups is 1. The molecule has 0 saturated heterocycles. The maximum atomic E-state index is 11.9. The summed E-state index contributed by atoms with van der Waals surface area (Å²) in [7, 11) is 9.08. The number of rotatable bonds is 12. The van der Waals surface area contributed by atoms with Gasteiger partial charge in [0.2, 0.25) is 17.7 Å². The molecule has 6 aromatic carbocycles. The van der Waals surface area contributed by atoms with E-state index in [-0.39, 0.29) is 36.1 Å². The van der Waals surface area contributed by atoms with Gasteiger partial charge in [0.25, 0.3) is 11.8 Å². The van der Waals surface area contributed by atoms with Crippen LogP contribution in [-0.4, -0.2) is 112 Å². The molecule has 0 atom stereocenters. The number of amides is 5. The molecule has 6 N–H and O–H groups in total. The molecule has 6 heterocycles. The maximum Gasteiger partial charge on any atom is 0.251 e. The van der Waals surface area contributed by atoms with E-state index in [1.165, 1.54) is 11.4 Å². The summed E-state index contributed by atoms with van der Waals surface area (Å²) in [4.78, 5) is 64.5. The Bertz CT molecular complexity index is 4020. The Kier molecular flexibility index (Phi) is 18.6. The standard InChI is InChI=1S/2C23H25N5O2.C22H24N4O2/c1-15(29)28-13-12-21-20(14-28)22(26-27(21)3)25-19-10-8-17(9-11-19)16-4-6-18(7-5-16)23(30)24-2;1-15(29)28-12-11-21-20(14-28)22(26-27(21)3)25-19-9-7-16(8-10-19)17-5-4-6-18(13-17)23(30)24-2;1-15(28)26-11-10-21-20(13-26)22(24-25(21)2)23-19-8-6-17(7-9-19)18-5-3-4-16(12-18)14-27/h4-11H,12-14H2,1-3H3,(H,24,30)(H,25,26);4-10,13H,11-12,14H2,1-3H3,(H,24,30)(H,25,26);3-9,12,27H,10-11,13-14H2,1-2H3,(H,23,24). The van der Waals surface area contributed by atoms with E-state index in [0.29, 0.717) is 30.8 Å². The number of hydrogen-bond acceptors (Lipinski definition) is 12. The van der Waals surface area contributed by atoms with Gasteiger partial charge in [-0.25, -0.2) is 0 Å². The van der Waals surface area contributed by atoms with Crippen molar-refractivity contribution in [3.05, 3.63) is 196 Å². The van der Waals surface area contributed by atoms with Crippen LogP contribution in [0.2, 0.25) is 0 Å². The second-order valence-corrected chi connectivity index (χ2v) is 22.0. The monoisotopic (exact) mass is 1180 g/mol. The largest absolute Gasteiger partial charge is 0.392 e. The highest BCUT2D eigenvalue weighted by Gasteiger charge is 2.28. The average molecular weight is 1180 g/mol. The Morgan fingerprint density at radius 3 is 1.10 bits per heavy atom. The number of carbonyl (C=O) groups excluding carboxylic acids is 5. The van der Waals surface area contributed by atoms with E-state index in [0.717, 1.165) is 135 Å². The van der Waals surface area contributed by atoms with E-state index in [1.807, 2.05) is 177 Å². The predicted molar refractivity (Wildman–Crippen MR) is 342 cm³/mol. The van der Waals surface area contributed by atoms with Crippen molar-refractivity contribution in [3.63, 3.8) is 0 Å². The van der Waals surface area contributed by atoms with E-state index in [9.17, 15) is 29.1 Å². The third kappa shape index (κ3) is 13.8. The molecule has 0 radical (unpaired) electrons. The van der Waals surface area contributed by atoms with Crippen molar-refractivity contribution in [1.29, 1.82) is 0 Å². The van der Waals surface area contributed by atoms with E-state index in [2.05, 4.69) is 54.0 Å². The smallest absolute Gasteiger partial charge is 0.251 e. The van der Waals surface area contributed by atoms with Crippen LogP contribution in [0, 0.1) is 0 Å². The molecule has 0 aliphatic carbocycles. The van der Waals surface area contributed by atoms with Gasteiger partial charge >= 0.3 is 0 Å².